The van der Waals surface area contributed by atoms with Crippen LogP contribution in [0.4, 0.5) is 18.9 Å². The molecule has 0 aliphatic heterocycles. The van der Waals surface area contributed by atoms with Gasteiger partial charge in [-0.15, -0.1) is 13.2 Å². The molecule has 3 rings (SSSR count). The molecule has 0 saturated carbocycles. The maximum Gasteiger partial charge on any atom is 0.573 e. The molecule has 0 bridgehead atoms. The molecule has 0 spiro atoms. The number of carbonyl (C=O) groups is 2. The fourth-order valence-corrected chi connectivity index (χ4v) is 3.87. The first kappa shape index (κ1) is 29.5. The molecule has 0 unspecified atom stereocenters. The van der Waals surface area contributed by atoms with Crippen LogP contribution in [0.1, 0.15) is 45.7 Å². The van der Waals surface area contributed by atoms with Gasteiger partial charge in [0.1, 0.15) is 11.5 Å². The van der Waals surface area contributed by atoms with Gasteiger partial charge in [-0.3, -0.25) is 9.69 Å². The van der Waals surface area contributed by atoms with E-state index < -0.39 is 18.2 Å². The van der Waals surface area contributed by atoms with E-state index in [0.29, 0.717) is 22.6 Å². The molecule has 208 valence electrons. The number of benzene rings is 3. The molecule has 0 aromatic heterocycles. The van der Waals surface area contributed by atoms with Crippen molar-refractivity contribution >= 4 is 17.6 Å². The molecule has 1 amide bonds. The molecular formula is C30H32F3NO5. The Hall–Kier alpha value is -4.01. The number of esters is 1. The Morgan fingerprint density at radius 3 is 2.03 bits per heavy atom. The topological polar surface area (TPSA) is 65.1 Å². The number of hydrogen-bond donors (Lipinski definition) is 0. The highest BCUT2D eigenvalue weighted by molar-refractivity contribution is 6.38. The first-order valence-electron chi connectivity index (χ1n) is 12.3. The quantitative estimate of drug-likeness (QED) is 0.236. The van der Waals surface area contributed by atoms with E-state index in [1.54, 1.807) is 18.2 Å². The smallest absolute Gasteiger partial charge is 0.490 e. The van der Waals surface area contributed by atoms with Gasteiger partial charge in [0.2, 0.25) is 0 Å². The summed E-state index contributed by atoms with van der Waals surface area (Å²) < 4.78 is 52.5. The van der Waals surface area contributed by atoms with Crippen LogP contribution in [0.3, 0.4) is 0 Å². The molecule has 3 aromatic carbocycles. The van der Waals surface area contributed by atoms with Gasteiger partial charge < -0.3 is 14.2 Å². The molecule has 0 heterocycles. The minimum Gasteiger partial charge on any atom is -0.490 e. The maximum absolute atomic E-state index is 13.1. The highest BCUT2D eigenvalue weighted by atomic mass is 19.4. The second-order valence-corrected chi connectivity index (χ2v) is 10.2. The van der Waals surface area contributed by atoms with Crippen molar-refractivity contribution in [1.82, 2.24) is 0 Å². The SMILES string of the molecule is COC(=O)C(=O)N(Cc1ccc(C(C)(C)C)cc1)c1ccc(OC(C)C)c(-c2ccc(OC(F)(F)F)cc2)c1. The number of ether oxygens (including phenoxy) is 3. The summed E-state index contributed by atoms with van der Waals surface area (Å²) in [5.41, 5.74) is 3.28. The Balaban J connectivity index is 2.05. The highest BCUT2D eigenvalue weighted by Gasteiger charge is 2.31. The van der Waals surface area contributed by atoms with E-state index in [2.05, 4.69) is 25.5 Å². The monoisotopic (exact) mass is 543 g/mol. The van der Waals surface area contributed by atoms with E-state index >= 15 is 0 Å². The van der Waals surface area contributed by atoms with Crippen molar-refractivity contribution in [2.75, 3.05) is 12.0 Å². The third-order valence-electron chi connectivity index (χ3n) is 5.80. The lowest BCUT2D eigenvalue weighted by Crippen LogP contribution is -2.37. The second-order valence-electron chi connectivity index (χ2n) is 10.2. The van der Waals surface area contributed by atoms with Gasteiger partial charge in [-0.1, -0.05) is 57.2 Å². The van der Waals surface area contributed by atoms with Crippen molar-refractivity contribution in [3.63, 3.8) is 0 Å². The Kier molecular flexibility index (Phi) is 8.94. The molecular weight excluding hydrogens is 511 g/mol. The number of halogens is 3. The summed E-state index contributed by atoms with van der Waals surface area (Å²) in [5.74, 6) is -1.80. The molecule has 6 nitrogen and oxygen atoms in total. The van der Waals surface area contributed by atoms with Crippen LogP contribution in [0.5, 0.6) is 11.5 Å². The van der Waals surface area contributed by atoms with E-state index in [0.717, 1.165) is 18.2 Å². The molecule has 9 heteroatoms. The highest BCUT2D eigenvalue weighted by Crippen LogP contribution is 2.36. The summed E-state index contributed by atoms with van der Waals surface area (Å²) in [6, 6.07) is 18.0. The van der Waals surface area contributed by atoms with Crippen LogP contribution < -0.4 is 14.4 Å². The van der Waals surface area contributed by atoms with Gasteiger partial charge in [-0.2, -0.15) is 0 Å². The van der Waals surface area contributed by atoms with Gasteiger partial charge in [0.05, 0.1) is 19.8 Å². The molecule has 0 saturated heterocycles. The molecule has 0 aliphatic rings. The van der Waals surface area contributed by atoms with E-state index in [1.165, 1.54) is 29.2 Å². The Labute approximate surface area is 226 Å². The van der Waals surface area contributed by atoms with E-state index in [1.807, 2.05) is 38.1 Å². The first-order chi connectivity index (χ1) is 18.2. The van der Waals surface area contributed by atoms with Crippen LogP contribution in [-0.2, 0) is 26.3 Å². The molecule has 0 atom stereocenters. The lowest BCUT2D eigenvalue weighted by molar-refractivity contribution is -0.274. The summed E-state index contributed by atoms with van der Waals surface area (Å²) in [6.45, 7) is 10.1. The minimum absolute atomic E-state index is 0.0537. The van der Waals surface area contributed by atoms with Crippen molar-refractivity contribution in [1.29, 1.82) is 0 Å². The number of hydrogen-bond acceptors (Lipinski definition) is 5. The molecule has 0 radical (unpaired) electrons. The van der Waals surface area contributed by atoms with Crippen LogP contribution >= 0.6 is 0 Å². The predicted octanol–water partition coefficient (Wildman–Crippen LogP) is 7.04. The van der Waals surface area contributed by atoms with Crippen molar-refractivity contribution in [2.24, 2.45) is 0 Å². The Morgan fingerprint density at radius 1 is 0.897 bits per heavy atom. The zero-order valence-electron chi connectivity index (χ0n) is 22.8. The molecule has 0 aliphatic carbocycles. The Bertz CT molecular complexity index is 1290. The average molecular weight is 544 g/mol. The van der Waals surface area contributed by atoms with Crippen molar-refractivity contribution in [3.05, 3.63) is 77.9 Å². The molecule has 0 N–H and O–H groups in total. The third kappa shape index (κ3) is 7.99. The summed E-state index contributed by atoms with van der Waals surface area (Å²) >= 11 is 0. The van der Waals surface area contributed by atoms with Crippen LogP contribution in [0.15, 0.2) is 66.7 Å². The van der Waals surface area contributed by atoms with Crippen molar-refractivity contribution < 1.29 is 37.0 Å². The number of amides is 1. The number of alkyl halides is 3. The van der Waals surface area contributed by atoms with Crippen LogP contribution in [0.25, 0.3) is 11.1 Å². The van der Waals surface area contributed by atoms with E-state index in [9.17, 15) is 22.8 Å². The van der Waals surface area contributed by atoms with Gasteiger partial charge in [0.15, 0.2) is 0 Å². The van der Waals surface area contributed by atoms with Gasteiger partial charge in [-0.05, 0) is 66.3 Å². The number of anilines is 1. The zero-order valence-corrected chi connectivity index (χ0v) is 22.8. The van der Waals surface area contributed by atoms with Crippen LogP contribution in [0, 0.1) is 0 Å². The minimum atomic E-state index is -4.81. The summed E-state index contributed by atoms with van der Waals surface area (Å²) in [4.78, 5) is 26.7. The summed E-state index contributed by atoms with van der Waals surface area (Å²) in [7, 11) is 1.13. The first-order valence-corrected chi connectivity index (χ1v) is 12.3. The number of carbonyl (C=O) groups excluding carboxylic acids is 2. The van der Waals surface area contributed by atoms with Crippen molar-refractivity contribution in [3.8, 4) is 22.6 Å². The lowest BCUT2D eigenvalue weighted by atomic mass is 9.87. The predicted molar refractivity (Wildman–Crippen MR) is 143 cm³/mol. The van der Waals surface area contributed by atoms with Crippen molar-refractivity contribution in [2.45, 2.75) is 59.0 Å². The molecule has 3 aromatic rings. The van der Waals surface area contributed by atoms with E-state index in [4.69, 9.17) is 9.47 Å². The van der Waals surface area contributed by atoms with Crippen LogP contribution in [0.2, 0.25) is 0 Å². The maximum atomic E-state index is 13.1. The average Bonchev–Trinajstić information content (AvgIpc) is 2.86. The van der Waals surface area contributed by atoms with Crippen LogP contribution in [-0.4, -0.2) is 31.5 Å². The number of methoxy groups -OCH3 is 1. The fraction of sp³-hybridized carbons (Fsp3) is 0.333. The second kappa shape index (κ2) is 11.8. The third-order valence-corrected chi connectivity index (χ3v) is 5.80. The lowest BCUT2D eigenvalue weighted by Gasteiger charge is -2.25. The molecule has 39 heavy (non-hydrogen) atoms. The largest absolute Gasteiger partial charge is 0.573 e. The summed E-state index contributed by atoms with van der Waals surface area (Å²) in [6.07, 6.45) is -5.01. The standard InChI is InChI=1S/C30H32F3NO5/c1-19(2)38-26-16-13-23(17-25(26)21-9-14-24(15-10-21)39-30(31,32)33)34(27(35)28(36)37-6)18-20-7-11-22(12-8-20)29(3,4)5/h7-17,19H,18H2,1-6H3. The fourth-order valence-electron chi connectivity index (χ4n) is 3.87. The van der Waals surface area contributed by atoms with Gasteiger partial charge in [0, 0.05) is 11.3 Å². The Morgan fingerprint density at radius 2 is 1.51 bits per heavy atom. The summed E-state index contributed by atoms with van der Waals surface area (Å²) in [5, 5.41) is 0. The van der Waals surface area contributed by atoms with Gasteiger partial charge >= 0.3 is 18.2 Å². The molecule has 0 fully saturated rings. The zero-order chi connectivity index (χ0) is 29.0. The van der Waals surface area contributed by atoms with Gasteiger partial charge in [0.25, 0.3) is 0 Å². The van der Waals surface area contributed by atoms with Gasteiger partial charge in [-0.25, -0.2) is 4.79 Å². The normalized spacial score (nSPS) is 11.7. The number of nitrogens with zero attached hydrogens (tertiary/aromatic N) is 1. The van der Waals surface area contributed by atoms with E-state index in [-0.39, 0.29) is 23.8 Å². The number of rotatable bonds is 7.